The Kier molecular flexibility index (Phi) is 17.3. The summed E-state index contributed by atoms with van der Waals surface area (Å²) in [4.78, 5) is 28.6. The van der Waals surface area contributed by atoms with Crippen molar-refractivity contribution in [1.82, 2.24) is 9.55 Å². The van der Waals surface area contributed by atoms with Crippen LogP contribution in [0.3, 0.4) is 0 Å². The van der Waals surface area contributed by atoms with Gasteiger partial charge in [0.25, 0.3) is 0 Å². The smallest absolute Gasteiger partial charge is 0.419 e. The van der Waals surface area contributed by atoms with Gasteiger partial charge in [-0.15, -0.1) is 0 Å². The molecule has 1 aromatic heterocycles. The fourth-order valence-corrected chi connectivity index (χ4v) is 4.05. The largest absolute Gasteiger partial charge is 0.465 e. The van der Waals surface area contributed by atoms with Gasteiger partial charge in [0, 0.05) is 18.8 Å². The average Bonchev–Trinajstić information content (AvgIpc) is 3.35. The Morgan fingerprint density at radius 1 is 0.818 bits per heavy atom. The van der Waals surface area contributed by atoms with E-state index in [1.165, 1.54) is 62.3 Å². The standard InChI is InChI=1S/C27H48N2O4/c1-4-7-10-12-16-24(15-9-6-3)22-32-26(30)19-14-18-25(17-13-11-8-5-2)33-27(31)29-21-20-28-23-29/h20-21,23-25H,4-19,22H2,1-3H3. The van der Waals surface area contributed by atoms with E-state index in [2.05, 4.69) is 25.8 Å². The summed E-state index contributed by atoms with van der Waals surface area (Å²) in [6, 6.07) is 0. The molecular weight excluding hydrogens is 416 g/mol. The van der Waals surface area contributed by atoms with Crippen LogP contribution in [-0.4, -0.2) is 34.3 Å². The molecule has 0 N–H and O–H groups in total. The quantitative estimate of drug-likeness (QED) is 0.146. The molecule has 0 spiro atoms. The molecule has 0 fully saturated rings. The lowest BCUT2D eigenvalue weighted by molar-refractivity contribution is -0.145. The van der Waals surface area contributed by atoms with Crippen molar-refractivity contribution < 1.29 is 19.1 Å². The fourth-order valence-electron chi connectivity index (χ4n) is 4.05. The van der Waals surface area contributed by atoms with E-state index in [-0.39, 0.29) is 12.1 Å². The first-order valence-corrected chi connectivity index (χ1v) is 13.4. The zero-order valence-corrected chi connectivity index (χ0v) is 21.4. The summed E-state index contributed by atoms with van der Waals surface area (Å²) < 4.78 is 12.7. The van der Waals surface area contributed by atoms with Crippen molar-refractivity contribution in [3.8, 4) is 0 Å². The zero-order chi connectivity index (χ0) is 24.2. The Hall–Kier alpha value is -1.85. The molecule has 0 bridgehead atoms. The molecule has 0 aromatic carbocycles. The second-order valence-corrected chi connectivity index (χ2v) is 9.26. The molecular formula is C27H48N2O4. The van der Waals surface area contributed by atoms with E-state index in [1.807, 2.05) is 0 Å². The molecule has 0 saturated carbocycles. The van der Waals surface area contributed by atoms with E-state index >= 15 is 0 Å². The van der Waals surface area contributed by atoms with Crippen molar-refractivity contribution in [1.29, 1.82) is 0 Å². The van der Waals surface area contributed by atoms with Crippen LogP contribution in [0.5, 0.6) is 0 Å². The van der Waals surface area contributed by atoms with Crippen molar-refractivity contribution >= 4 is 12.1 Å². The molecule has 2 atom stereocenters. The molecule has 0 radical (unpaired) electrons. The number of hydrogen-bond acceptors (Lipinski definition) is 5. The van der Waals surface area contributed by atoms with Gasteiger partial charge in [-0.05, 0) is 44.4 Å². The molecule has 0 saturated heterocycles. The second kappa shape index (κ2) is 19.6. The van der Waals surface area contributed by atoms with Crippen LogP contribution >= 0.6 is 0 Å². The zero-order valence-electron chi connectivity index (χ0n) is 21.4. The summed E-state index contributed by atoms with van der Waals surface area (Å²) in [7, 11) is 0. The summed E-state index contributed by atoms with van der Waals surface area (Å²) >= 11 is 0. The number of imidazole rings is 1. The third kappa shape index (κ3) is 14.8. The van der Waals surface area contributed by atoms with Crippen LogP contribution in [0.15, 0.2) is 18.7 Å². The number of hydrogen-bond donors (Lipinski definition) is 0. The minimum Gasteiger partial charge on any atom is -0.465 e. The van der Waals surface area contributed by atoms with Gasteiger partial charge in [0.05, 0.1) is 6.61 Å². The summed E-state index contributed by atoms with van der Waals surface area (Å²) in [5.41, 5.74) is 0. The van der Waals surface area contributed by atoms with Gasteiger partial charge in [-0.25, -0.2) is 14.3 Å². The molecule has 6 nitrogen and oxygen atoms in total. The normalized spacial score (nSPS) is 12.9. The van der Waals surface area contributed by atoms with Gasteiger partial charge in [-0.1, -0.05) is 78.6 Å². The molecule has 6 heteroatoms. The highest BCUT2D eigenvalue weighted by molar-refractivity contribution is 5.70. The number of carbonyl (C=O) groups is 2. The molecule has 1 rings (SSSR count). The predicted octanol–water partition coefficient (Wildman–Crippen LogP) is 7.70. The lowest BCUT2D eigenvalue weighted by Crippen LogP contribution is -2.22. The van der Waals surface area contributed by atoms with Gasteiger partial charge in [0.2, 0.25) is 0 Å². The van der Waals surface area contributed by atoms with Crippen LogP contribution in [0.4, 0.5) is 4.79 Å². The number of esters is 1. The maximum absolute atomic E-state index is 12.3. The topological polar surface area (TPSA) is 70.4 Å². The first-order chi connectivity index (χ1) is 16.1. The van der Waals surface area contributed by atoms with E-state index in [9.17, 15) is 9.59 Å². The minimum absolute atomic E-state index is 0.129. The molecule has 0 aliphatic carbocycles. The number of aromatic nitrogens is 2. The van der Waals surface area contributed by atoms with E-state index < -0.39 is 6.09 Å². The summed E-state index contributed by atoms with van der Waals surface area (Å²) in [5, 5.41) is 0. The van der Waals surface area contributed by atoms with E-state index in [4.69, 9.17) is 9.47 Å². The summed E-state index contributed by atoms with van der Waals surface area (Å²) in [5.74, 6) is 0.351. The second-order valence-electron chi connectivity index (χ2n) is 9.26. The summed E-state index contributed by atoms with van der Waals surface area (Å²) in [6.45, 7) is 7.16. The maximum Gasteiger partial charge on any atom is 0.419 e. The minimum atomic E-state index is -0.405. The third-order valence-electron chi connectivity index (χ3n) is 6.18. The Bertz CT molecular complexity index is 603. The first kappa shape index (κ1) is 29.2. The lowest BCUT2D eigenvalue weighted by atomic mass is 9.96. The SMILES string of the molecule is CCCCCCC(CCCC)COC(=O)CCCC(CCCCCC)OC(=O)n1ccnc1. The number of carbonyl (C=O) groups excluding carboxylic acids is 2. The Morgan fingerprint density at radius 3 is 2.09 bits per heavy atom. The number of unbranched alkanes of at least 4 members (excludes halogenated alkanes) is 7. The van der Waals surface area contributed by atoms with Crippen LogP contribution < -0.4 is 0 Å². The monoisotopic (exact) mass is 464 g/mol. The van der Waals surface area contributed by atoms with Crippen LogP contribution in [0.1, 0.15) is 124 Å². The molecule has 33 heavy (non-hydrogen) atoms. The van der Waals surface area contributed by atoms with Gasteiger partial charge < -0.3 is 9.47 Å². The Labute approximate surface area is 201 Å². The highest BCUT2D eigenvalue weighted by Gasteiger charge is 2.17. The Balaban J connectivity index is 2.39. The summed E-state index contributed by atoms with van der Waals surface area (Å²) in [6.07, 6.45) is 20.8. The third-order valence-corrected chi connectivity index (χ3v) is 6.18. The molecule has 0 aliphatic heterocycles. The predicted molar refractivity (Wildman–Crippen MR) is 133 cm³/mol. The van der Waals surface area contributed by atoms with Crippen molar-refractivity contribution in [2.45, 2.75) is 130 Å². The maximum atomic E-state index is 12.3. The van der Waals surface area contributed by atoms with E-state index in [0.717, 1.165) is 32.1 Å². The van der Waals surface area contributed by atoms with Crippen LogP contribution in [0, 0.1) is 5.92 Å². The average molecular weight is 465 g/mol. The molecule has 0 amide bonds. The van der Waals surface area contributed by atoms with Gasteiger partial charge in [-0.2, -0.15) is 0 Å². The van der Waals surface area contributed by atoms with E-state index in [1.54, 1.807) is 12.4 Å². The molecule has 0 aliphatic rings. The van der Waals surface area contributed by atoms with Crippen molar-refractivity contribution in [3.05, 3.63) is 18.7 Å². The number of nitrogens with zero attached hydrogens (tertiary/aromatic N) is 2. The highest BCUT2D eigenvalue weighted by atomic mass is 16.6. The van der Waals surface area contributed by atoms with Gasteiger partial charge >= 0.3 is 12.1 Å². The number of ether oxygens (including phenoxy) is 2. The van der Waals surface area contributed by atoms with Crippen molar-refractivity contribution in [2.75, 3.05) is 6.61 Å². The van der Waals surface area contributed by atoms with E-state index in [0.29, 0.717) is 31.8 Å². The molecule has 2 unspecified atom stereocenters. The van der Waals surface area contributed by atoms with Gasteiger partial charge in [-0.3, -0.25) is 4.79 Å². The molecule has 1 heterocycles. The van der Waals surface area contributed by atoms with Crippen LogP contribution in [0.2, 0.25) is 0 Å². The molecule has 1 aromatic rings. The van der Waals surface area contributed by atoms with Gasteiger partial charge in [0.15, 0.2) is 0 Å². The van der Waals surface area contributed by atoms with Crippen LogP contribution in [-0.2, 0) is 14.3 Å². The fraction of sp³-hybridized carbons (Fsp3) is 0.815. The van der Waals surface area contributed by atoms with Crippen molar-refractivity contribution in [2.24, 2.45) is 5.92 Å². The van der Waals surface area contributed by atoms with Gasteiger partial charge in [0.1, 0.15) is 12.4 Å². The Morgan fingerprint density at radius 2 is 1.45 bits per heavy atom. The molecule has 190 valence electrons. The highest BCUT2D eigenvalue weighted by Crippen LogP contribution is 2.19. The van der Waals surface area contributed by atoms with Crippen LogP contribution in [0.25, 0.3) is 0 Å². The first-order valence-electron chi connectivity index (χ1n) is 13.4. The lowest BCUT2D eigenvalue weighted by Gasteiger charge is -2.19. The number of rotatable bonds is 20. The van der Waals surface area contributed by atoms with Crippen molar-refractivity contribution in [3.63, 3.8) is 0 Å².